The number of sulfone groups is 1. The van der Waals surface area contributed by atoms with Gasteiger partial charge in [0.05, 0.1) is 16.7 Å². The Morgan fingerprint density at radius 3 is 2.18 bits per heavy atom. The Balaban J connectivity index is 2.76. The van der Waals surface area contributed by atoms with Crippen molar-refractivity contribution in [1.29, 1.82) is 0 Å². The molecule has 1 aromatic rings. The van der Waals surface area contributed by atoms with Gasteiger partial charge in [0, 0.05) is 6.04 Å². The number of benzene rings is 1. The molecule has 1 rings (SSSR count). The molecule has 4 N–H and O–H groups in total. The monoisotopic (exact) mass is 327 g/mol. The highest BCUT2D eigenvalue weighted by molar-refractivity contribution is 7.91. The second-order valence-corrected chi connectivity index (χ2v) is 7.21. The van der Waals surface area contributed by atoms with E-state index in [1.54, 1.807) is 38.1 Å². The van der Waals surface area contributed by atoms with E-state index in [0.29, 0.717) is 0 Å². The molecular formula is C14H21N3O4S. The van der Waals surface area contributed by atoms with Gasteiger partial charge in [-0.25, -0.2) is 13.2 Å². The summed E-state index contributed by atoms with van der Waals surface area (Å²) < 4.78 is 23.5. The van der Waals surface area contributed by atoms with Gasteiger partial charge in [0.1, 0.15) is 0 Å². The van der Waals surface area contributed by atoms with Crippen molar-refractivity contribution < 1.29 is 18.0 Å². The Labute approximate surface area is 130 Å². The summed E-state index contributed by atoms with van der Waals surface area (Å²) in [5, 5.41) is 5.00. The van der Waals surface area contributed by atoms with Crippen LogP contribution in [0.25, 0.3) is 0 Å². The third kappa shape index (κ3) is 4.81. The van der Waals surface area contributed by atoms with Crippen LogP contribution in [0.1, 0.15) is 32.4 Å². The van der Waals surface area contributed by atoms with E-state index in [9.17, 15) is 18.0 Å². The fourth-order valence-electron chi connectivity index (χ4n) is 1.91. The molecule has 7 nitrogen and oxygen atoms in total. The van der Waals surface area contributed by atoms with Crippen LogP contribution in [0.2, 0.25) is 0 Å². The van der Waals surface area contributed by atoms with Gasteiger partial charge in [0.2, 0.25) is 5.91 Å². The van der Waals surface area contributed by atoms with Crippen molar-refractivity contribution in [3.05, 3.63) is 29.8 Å². The molecule has 0 bridgehead atoms. The lowest BCUT2D eigenvalue weighted by atomic mass is 10.1. The summed E-state index contributed by atoms with van der Waals surface area (Å²) in [7, 11) is -3.23. The molecule has 0 aliphatic carbocycles. The highest BCUT2D eigenvalue weighted by atomic mass is 32.2. The van der Waals surface area contributed by atoms with E-state index in [-0.39, 0.29) is 16.7 Å². The number of nitrogens with two attached hydrogens (primary N) is 1. The number of urea groups is 1. The van der Waals surface area contributed by atoms with Gasteiger partial charge >= 0.3 is 6.03 Å². The van der Waals surface area contributed by atoms with Crippen LogP contribution in [0.4, 0.5) is 4.79 Å². The maximum Gasteiger partial charge on any atom is 0.318 e. The molecule has 22 heavy (non-hydrogen) atoms. The number of carbonyl (C=O) groups is 2. The molecule has 0 radical (unpaired) electrons. The average Bonchev–Trinajstić information content (AvgIpc) is 2.46. The molecule has 0 aliphatic rings. The first-order chi connectivity index (χ1) is 10.2. The highest BCUT2D eigenvalue weighted by Crippen LogP contribution is 2.17. The van der Waals surface area contributed by atoms with Gasteiger partial charge in [0.15, 0.2) is 9.84 Å². The molecule has 2 atom stereocenters. The van der Waals surface area contributed by atoms with E-state index < -0.39 is 27.8 Å². The summed E-state index contributed by atoms with van der Waals surface area (Å²) in [6.07, 6.45) is 0. The van der Waals surface area contributed by atoms with Crippen LogP contribution in [0, 0.1) is 0 Å². The molecule has 0 spiro atoms. The summed E-state index contributed by atoms with van der Waals surface area (Å²) in [4.78, 5) is 22.5. The first-order valence-corrected chi connectivity index (χ1v) is 8.51. The topological polar surface area (TPSA) is 118 Å². The van der Waals surface area contributed by atoms with Crippen LogP contribution in [-0.4, -0.2) is 32.2 Å². The molecule has 0 aromatic heterocycles. The first kappa shape index (κ1) is 18.1. The molecule has 0 fully saturated rings. The van der Waals surface area contributed by atoms with E-state index in [1.165, 1.54) is 0 Å². The van der Waals surface area contributed by atoms with Gasteiger partial charge < -0.3 is 5.73 Å². The number of carbonyl (C=O) groups excluding carboxylic acids is 2. The van der Waals surface area contributed by atoms with Crippen LogP contribution in [0.5, 0.6) is 0 Å². The van der Waals surface area contributed by atoms with Gasteiger partial charge in [-0.15, -0.1) is 0 Å². The van der Waals surface area contributed by atoms with Crippen molar-refractivity contribution in [3.8, 4) is 0 Å². The lowest BCUT2D eigenvalue weighted by Crippen LogP contribution is -2.47. The molecule has 1 aromatic carbocycles. The lowest BCUT2D eigenvalue weighted by molar-refractivity contribution is -0.121. The van der Waals surface area contributed by atoms with E-state index in [1.807, 2.05) is 12.2 Å². The number of imide groups is 1. The zero-order valence-electron chi connectivity index (χ0n) is 12.8. The zero-order chi connectivity index (χ0) is 16.9. The summed E-state index contributed by atoms with van der Waals surface area (Å²) in [6.45, 7) is 5.02. The van der Waals surface area contributed by atoms with Crippen molar-refractivity contribution in [3.63, 3.8) is 0 Å². The molecule has 3 amide bonds. The minimum atomic E-state index is -3.23. The Kier molecular flexibility index (Phi) is 6.07. The highest BCUT2D eigenvalue weighted by Gasteiger charge is 2.18. The summed E-state index contributed by atoms with van der Waals surface area (Å²) in [6, 6.07) is 4.74. The van der Waals surface area contributed by atoms with Crippen molar-refractivity contribution in [2.45, 2.75) is 37.8 Å². The van der Waals surface area contributed by atoms with Gasteiger partial charge in [-0.2, -0.15) is 0 Å². The molecule has 2 unspecified atom stereocenters. The molecular weight excluding hydrogens is 306 g/mol. The minimum Gasteiger partial charge on any atom is -0.351 e. The third-order valence-corrected chi connectivity index (χ3v) is 5.01. The SMILES string of the molecule is CCS(=O)(=O)c1ccc(C(C)NC(C)C(=O)NC(N)=O)cc1. The maximum atomic E-state index is 11.7. The van der Waals surface area contributed by atoms with Gasteiger partial charge in [-0.1, -0.05) is 19.1 Å². The number of primary amides is 1. The maximum absolute atomic E-state index is 11.7. The van der Waals surface area contributed by atoms with Crippen LogP contribution in [-0.2, 0) is 14.6 Å². The van der Waals surface area contributed by atoms with E-state index in [4.69, 9.17) is 5.73 Å². The molecule has 0 aliphatic heterocycles. The van der Waals surface area contributed by atoms with Crippen molar-refractivity contribution in [2.24, 2.45) is 5.73 Å². The fraction of sp³-hybridized carbons (Fsp3) is 0.429. The average molecular weight is 327 g/mol. The standard InChI is InChI=1S/C14H21N3O4S/c1-4-22(20,21)12-7-5-11(6-8-12)9(2)16-10(3)13(18)17-14(15)19/h5-10,16H,4H2,1-3H3,(H3,15,17,18,19). The number of hydrogen-bond acceptors (Lipinski definition) is 5. The molecule has 0 heterocycles. The molecule has 8 heteroatoms. The van der Waals surface area contributed by atoms with Crippen molar-refractivity contribution in [1.82, 2.24) is 10.6 Å². The first-order valence-electron chi connectivity index (χ1n) is 6.86. The van der Waals surface area contributed by atoms with Crippen LogP contribution in [0.3, 0.4) is 0 Å². The van der Waals surface area contributed by atoms with Crippen LogP contribution < -0.4 is 16.4 Å². The van der Waals surface area contributed by atoms with Gasteiger partial charge in [0.25, 0.3) is 0 Å². The number of hydrogen-bond donors (Lipinski definition) is 3. The summed E-state index contributed by atoms with van der Waals surface area (Å²) in [5.74, 6) is -0.477. The largest absolute Gasteiger partial charge is 0.351 e. The van der Waals surface area contributed by atoms with Crippen molar-refractivity contribution in [2.75, 3.05) is 5.75 Å². The Bertz CT molecular complexity index is 641. The Hall–Kier alpha value is -1.93. The molecule has 122 valence electrons. The smallest absolute Gasteiger partial charge is 0.318 e. The Morgan fingerprint density at radius 1 is 1.18 bits per heavy atom. The predicted octanol–water partition coefficient (Wildman–Crippen LogP) is 0.714. The minimum absolute atomic E-state index is 0.0461. The zero-order valence-corrected chi connectivity index (χ0v) is 13.6. The van der Waals surface area contributed by atoms with E-state index >= 15 is 0 Å². The van der Waals surface area contributed by atoms with E-state index in [0.717, 1.165) is 5.56 Å². The number of amides is 3. The second kappa shape index (κ2) is 7.37. The normalized spacial score (nSPS) is 14.1. The Morgan fingerprint density at radius 2 is 1.73 bits per heavy atom. The molecule has 0 saturated carbocycles. The van der Waals surface area contributed by atoms with E-state index in [2.05, 4.69) is 5.32 Å². The van der Waals surface area contributed by atoms with Crippen LogP contribution in [0.15, 0.2) is 29.2 Å². The second-order valence-electron chi connectivity index (χ2n) is 4.94. The summed E-state index contributed by atoms with van der Waals surface area (Å²) in [5.41, 5.74) is 5.72. The predicted molar refractivity (Wildman–Crippen MR) is 82.9 cm³/mol. The van der Waals surface area contributed by atoms with Gasteiger partial charge in [-0.3, -0.25) is 15.4 Å². The quantitative estimate of drug-likeness (QED) is 0.711. The van der Waals surface area contributed by atoms with Crippen LogP contribution >= 0.6 is 0 Å². The number of rotatable bonds is 6. The fourth-order valence-corrected chi connectivity index (χ4v) is 2.79. The van der Waals surface area contributed by atoms with Crippen molar-refractivity contribution >= 4 is 21.8 Å². The lowest BCUT2D eigenvalue weighted by Gasteiger charge is -2.19. The molecule has 0 saturated heterocycles. The van der Waals surface area contributed by atoms with Gasteiger partial charge in [-0.05, 0) is 31.5 Å². The number of nitrogens with one attached hydrogen (secondary N) is 2. The summed E-state index contributed by atoms with van der Waals surface area (Å²) >= 11 is 0. The third-order valence-electron chi connectivity index (χ3n) is 3.26.